The zero-order valence-electron chi connectivity index (χ0n) is 18.3. The van der Waals surface area contributed by atoms with E-state index < -0.39 is 0 Å². The molecule has 0 unspecified atom stereocenters. The van der Waals surface area contributed by atoms with Crippen molar-refractivity contribution >= 4 is 33.5 Å². The van der Waals surface area contributed by atoms with Gasteiger partial charge >= 0.3 is 0 Å². The summed E-state index contributed by atoms with van der Waals surface area (Å²) in [5.74, 6) is 1.73. The van der Waals surface area contributed by atoms with Crippen molar-refractivity contribution in [2.75, 3.05) is 5.32 Å². The van der Waals surface area contributed by atoms with Crippen molar-refractivity contribution in [2.45, 2.75) is 26.2 Å². The molecule has 0 spiro atoms. The fraction of sp³-hybridized carbons (Fsp3) is 0.185. The van der Waals surface area contributed by atoms with Crippen molar-refractivity contribution in [3.05, 3.63) is 83.4 Å². The van der Waals surface area contributed by atoms with Gasteiger partial charge in [0.05, 0.1) is 11.4 Å². The Balaban J connectivity index is 1.45. The highest BCUT2D eigenvalue weighted by Crippen LogP contribution is 2.41. The Morgan fingerprint density at radius 2 is 1.61 bits per heavy atom. The summed E-state index contributed by atoms with van der Waals surface area (Å²) in [6.07, 6.45) is 5.19. The number of aryl methyl sites for hydroxylation is 1. The van der Waals surface area contributed by atoms with E-state index in [1.807, 2.05) is 42.5 Å². The summed E-state index contributed by atoms with van der Waals surface area (Å²) in [5, 5.41) is 4.47. The molecule has 0 saturated heterocycles. The lowest BCUT2D eigenvalue weighted by Crippen LogP contribution is -2.09. The Bertz CT molecular complexity index is 1430. The minimum atomic E-state index is 0.490. The van der Waals surface area contributed by atoms with Gasteiger partial charge in [0.25, 0.3) is 0 Å². The molecule has 0 bridgehead atoms. The van der Waals surface area contributed by atoms with Crippen LogP contribution in [0.25, 0.3) is 32.7 Å². The van der Waals surface area contributed by atoms with Gasteiger partial charge in [0.2, 0.25) is 11.9 Å². The van der Waals surface area contributed by atoms with Gasteiger partial charge in [-0.2, -0.15) is 0 Å². The van der Waals surface area contributed by atoms with Crippen LogP contribution in [0.4, 0.5) is 11.9 Å². The molecule has 3 heterocycles. The molecular formula is C27H23N5S. The normalized spacial score (nSPS) is 15.4. The van der Waals surface area contributed by atoms with Crippen molar-refractivity contribution in [2.24, 2.45) is 5.92 Å². The number of aromatic nitrogens is 4. The monoisotopic (exact) mass is 449 g/mol. The molecule has 5 aromatic rings. The molecule has 1 aliphatic carbocycles. The first kappa shape index (κ1) is 20.0. The maximum Gasteiger partial charge on any atom is 0.231 e. The third kappa shape index (κ3) is 3.87. The summed E-state index contributed by atoms with van der Waals surface area (Å²) in [7, 11) is 0. The highest BCUT2D eigenvalue weighted by molar-refractivity contribution is 7.19. The van der Waals surface area contributed by atoms with E-state index in [9.17, 15) is 0 Å². The van der Waals surface area contributed by atoms with Gasteiger partial charge < -0.3 is 0 Å². The van der Waals surface area contributed by atoms with E-state index in [4.69, 9.17) is 15.0 Å². The molecule has 1 aliphatic rings. The lowest BCUT2D eigenvalue weighted by molar-refractivity contribution is 0.509. The Morgan fingerprint density at radius 3 is 2.39 bits per heavy atom. The van der Waals surface area contributed by atoms with Crippen molar-refractivity contribution in [3.8, 4) is 22.5 Å². The van der Waals surface area contributed by atoms with Crippen molar-refractivity contribution in [3.63, 3.8) is 0 Å². The van der Waals surface area contributed by atoms with Crippen LogP contribution in [-0.2, 0) is 12.8 Å². The van der Waals surface area contributed by atoms with Crippen LogP contribution in [0, 0.1) is 5.92 Å². The molecule has 0 aliphatic heterocycles. The predicted octanol–water partition coefficient (Wildman–Crippen LogP) is 6.68. The molecule has 1 N–H and O–H groups in total. The second-order valence-corrected chi connectivity index (χ2v) is 9.63. The van der Waals surface area contributed by atoms with E-state index in [0.29, 0.717) is 17.8 Å². The first-order valence-corrected chi connectivity index (χ1v) is 12.1. The average Bonchev–Trinajstić information content (AvgIpc) is 3.22. The highest BCUT2D eigenvalue weighted by atomic mass is 32.1. The van der Waals surface area contributed by atoms with Crippen LogP contribution >= 0.6 is 11.3 Å². The number of hydrogen-bond acceptors (Lipinski definition) is 6. The van der Waals surface area contributed by atoms with Crippen LogP contribution in [0.1, 0.15) is 23.8 Å². The van der Waals surface area contributed by atoms with Crippen LogP contribution in [0.5, 0.6) is 0 Å². The van der Waals surface area contributed by atoms with Crippen molar-refractivity contribution in [1.29, 1.82) is 0 Å². The third-order valence-electron chi connectivity index (χ3n) is 6.15. The zero-order chi connectivity index (χ0) is 22.2. The number of nitrogens with one attached hydrogen (secondary N) is 1. The number of benzene rings is 2. The van der Waals surface area contributed by atoms with Gasteiger partial charge in [0.15, 0.2) is 0 Å². The van der Waals surface area contributed by atoms with Gasteiger partial charge in [-0.25, -0.2) is 19.9 Å². The Hall–Kier alpha value is -3.64. The Kier molecular flexibility index (Phi) is 5.07. The largest absolute Gasteiger partial charge is 0.293 e. The maximum absolute atomic E-state index is 4.97. The minimum absolute atomic E-state index is 0.490. The van der Waals surface area contributed by atoms with E-state index in [2.05, 4.69) is 41.5 Å². The molecule has 2 aromatic carbocycles. The van der Waals surface area contributed by atoms with Gasteiger partial charge in [-0.3, -0.25) is 5.32 Å². The number of nitrogens with zero attached hydrogens (tertiary/aromatic N) is 4. The molecule has 0 fully saturated rings. The van der Waals surface area contributed by atoms with Crippen LogP contribution in [-0.4, -0.2) is 19.9 Å². The quantitative estimate of drug-likeness (QED) is 0.331. The Morgan fingerprint density at radius 1 is 0.848 bits per heavy atom. The van der Waals surface area contributed by atoms with E-state index in [-0.39, 0.29) is 0 Å². The van der Waals surface area contributed by atoms with Crippen LogP contribution in [0.2, 0.25) is 0 Å². The highest BCUT2D eigenvalue weighted by Gasteiger charge is 2.24. The zero-order valence-corrected chi connectivity index (χ0v) is 19.1. The van der Waals surface area contributed by atoms with Crippen molar-refractivity contribution in [1.82, 2.24) is 19.9 Å². The summed E-state index contributed by atoms with van der Waals surface area (Å²) in [4.78, 5) is 21.5. The molecule has 33 heavy (non-hydrogen) atoms. The fourth-order valence-electron chi connectivity index (χ4n) is 4.49. The number of fused-ring (bicyclic) bond motifs is 3. The SMILES string of the molecule is C[C@@H]1CCc2c(sc3nc(Nc4nccc(-c5ccccc5)n4)nc(-c4ccccc4)c23)C1. The first-order chi connectivity index (χ1) is 16.2. The second kappa shape index (κ2) is 8.37. The van der Waals surface area contributed by atoms with Crippen LogP contribution < -0.4 is 5.32 Å². The van der Waals surface area contributed by atoms with Crippen molar-refractivity contribution < 1.29 is 0 Å². The van der Waals surface area contributed by atoms with Gasteiger partial charge in [0, 0.05) is 27.6 Å². The minimum Gasteiger partial charge on any atom is -0.293 e. The van der Waals surface area contributed by atoms with Gasteiger partial charge in [-0.1, -0.05) is 67.6 Å². The maximum atomic E-state index is 4.97. The Labute approximate surface area is 196 Å². The molecule has 1 atom stereocenters. The molecule has 3 aromatic heterocycles. The fourth-order valence-corrected chi connectivity index (χ4v) is 5.87. The lowest BCUT2D eigenvalue weighted by atomic mass is 9.88. The molecule has 0 saturated carbocycles. The molecule has 162 valence electrons. The summed E-state index contributed by atoms with van der Waals surface area (Å²) >= 11 is 1.81. The van der Waals surface area contributed by atoms with E-state index in [0.717, 1.165) is 40.2 Å². The molecule has 5 nitrogen and oxygen atoms in total. The van der Waals surface area contributed by atoms with Gasteiger partial charge in [-0.05, 0) is 36.8 Å². The molecule has 0 radical (unpaired) electrons. The van der Waals surface area contributed by atoms with E-state index >= 15 is 0 Å². The summed E-state index contributed by atoms with van der Waals surface area (Å²) < 4.78 is 0. The van der Waals surface area contributed by atoms with Crippen LogP contribution in [0.3, 0.4) is 0 Å². The number of thiophene rings is 1. The summed E-state index contributed by atoms with van der Waals surface area (Å²) in [6, 6.07) is 22.4. The average molecular weight is 450 g/mol. The summed E-state index contributed by atoms with van der Waals surface area (Å²) in [6.45, 7) is 2.33. The topological polar surface area (TPSA) is 63.6 Å². The third-order valence-corrected chi connectivity index (χ3v) is 7.30. The molecule has 0 amide bonds. The van der Waals surface area contributed by atoms with Crippen LogP contribution in [0.15, 0.2) is 72.9 Å². The van der Waals surface area contributed by atoms with Gasteiger partial charge in [-0.15, -0.1) is 11.3 Å². The summed E-state index contributed by atoms with van der Waals surface area (Å²) in [5.41, 5.74) is 5.42. The molecule has 6 rings (SSSR count). The lowest BCUT2D eigenvalue weighted by Gasteiger charge is -2.18. The standard InChI is InChI=1S/C27H23N5S/c1-17-12-13-20-22(16-17)33-25-23(20)24(19-10-6-3-7-11-19)30-27(31-25)32-26-28-15-14-21(29-26)18-8-4-2-5-9-18/h2-11,14-15,17H,12-13,16H2,1H3,(H,28,29,30,31,32)/t17-/m1/s1. The number of hydrogen-bond donors (Lipinski definition) is 1. The van der Waals surface area contributed by atoms with E-state index in [1.54, 1.807) is 17.5 Å². The van der Waals surface area contributed by atoms with Gasteiger partial charge in [0.1, 0.15) is 4.83 Å². The molecule has 6 heteroatoms. The van der Waals surface area contributed by atoms with E-state index in [1.165, 1.54) is 22.2 Å². The first-order valence-electron chi connectivity index (χ1n) is 11.3. The predicted molar refractivity (Wildman–Crippen MR) is 135 cm³/mol. The molecular weight excluding hydrogens is 426 g/mol. The smallest absolute Gasteiger partial charge is 0.231 e. The number of rotatable bonds is 4. The number of anilines is 2. The second-order valence-electron chi connectivity index (χ2n) is 8.55.